The van der Waals surface area contributed by atoms with Gasteiger partial charge in [0.25, 0.3) is 0 Å². The topological polar surface area (TPSA) is 58.5 Å². The Kier molecular flexibility index (Phi) is 2.22. The van der Waals surface area contributed by atoms with Crippen molar-refractivity contribution < 1.29 is 0 Å². The minimum Gasteiger partial charge on any atom is -0.365 e. The molecule has 0 aliphatic heterocycles. The van der Waals surface area contributed by atoms with Gasteiger partial charge in [0.05, 0.1) is 24.3 Å². The maximum absolute atomic E-state index is 4.24. The van der Waals surface area contributed by atoms with Crippen molar-refractivity contribution in [2.75, 3.05) is 5.32 Å². The van der Waals surface area contributed by atoms with Crippen LogP contribution >= 0.6 is 0 Å². The van der Waals surface area contributed by atoms with Gasteiger partial charge in [-0.3, -0.25) is 4.68 Å². The quantitative estimate of drug-likeness (QED) is 0.762. The highest BCUT2D eigenvalue weighted by atomic mass is 15.3. The molecular weight excluding hydrogens is 178 g/mol. The van der Waals surface area contributed by atoms with Crippen LogP contribution in [0.2, 0.25) is 0 Å². The zero-order valence-electron chi connectivity index (χ0n) is 8.28. The molecule has 0 aliphatic rings. The molecule has 0 fully saturated rings. The first-order chi connectivity index (χ1) is 6.75. The summed E-state index contributed by atoms with van der Waals surface area (Å²) in [4.78, 5) is 6.97. The van der Waals surface area contributed by atoms with E-state index in [1.807, 2.05) is 24.7 Å². The number of H-pyrrole nitrogens is 1. The molecule has 14 heavy (non-hydrogen) atoms. The van der Waals surface area contributed by atoms with E-state index < -0.39 is 0 Å². The van der Waals surface area contributed by atoms with Crippen LogP contribution in [0.15, 0.2) is 18.6 Å². The largest absolute Gasteiger partial charge is 0.365 e. The summed E-state index contributed by atoms with van der Waals surface area (Å²) in [6.07, 6.45) is 3.47. The number of aryl methyl sites for hydroxylation is 2. The van der Waals surface area contributed by atoms with Crippen molar-refractivity contribution in [2.45, 2.75) is 13.5 Å². The average Bonchev–Trinajstić information content (AvgIpc) is 2.72. The molecule has 2 aromatic rings. The van der Waals surface area contributed by atoms with Crippen LogP contribution in [-0.4, -0.2) is 19.7 Å². The zero-order chi connectivity index (χ0) is 9.97. The van der Waals surface area contributed by atoms with Crippen LogP contribution in [-0.2, 0) is 13.6 Å². The number of aromatic amines is 1. The number of nitrogens with one attached hydrogen (secondary N) is 2. The molecule has 0 amide bonds. The lowest BCUT2D eigenvalue weighted by Gasteiger charge is -2.03. The highest BCUT2D eigenvalue weighted by Gasteiger charge is 2.00. The third-order valence-corrected chi connectivity index (χ3v) is 2.02. The maximum Gasteiger partial charge on any atom is 0.124 e. The fourth-order valence-electron chi connectivity index (χ4n) is 1.34. The molecule has 74 valence electrons. The summed E-state index contributed by atoms with van der Waals surface area (Å²) >= 11 is 0. The number of anilines is 1. The molecule has 5 nitrogen and oxygen atoms in total. The standard InChI is InChI=1S/C9H13N5/c1-7-3-9(14(2)13-7)11-5-8-4-10-6-12-8/h3-4,6,11H,5H2,1-2H3,(H,10,12). The molecule has 0 spiro atoms. The Hall–Kier alpha value is -1.78. The number of aromatic nitrogens is 4. The Morgan fingerprint density at radius 2 is 2.43 bits per heavy atom. The van der Waals surface area contributed by atoms with Crippen LogP contribution in [0, 0.1) is 6.92 Å². The highest BCUT2D eigenvalue weighted by molar-refractivity contribution is 5.36. The van der Waals surface area contributed by atoms with Gasteiger partial charge in [0, 0.05) is 19.3 Å². The van der Waals surface area contributed by atoms with Crippen LogP contribution in [0.3, 0.4) is 0 Å². The van der Waals surface area contributed by atoms with Gasteiger partial charge in [-0.1, -0.05) is 0 Å². The Bertz CT molecular complexity index is 401. The lowest BCUT2D eigenvalue weighted by molar-refractivity contribution is 0.757. The molecule has 0 aliphatic carbocycles. The molecule has 5 heteroatoms. The monoisotopic (exact) mass is 191 g/mol. The number of hydrogen-bond acceptors (Lipinski definition) is 3. The van der Waals surface area contributed by atoms with Crippen molar-refractivity contribution in [1.29, 1.82) is 0 Å². The number of rotatable bonds is 3. The predicted octanol–water partition coefficient (Wildman–Crippen LogP) is 1.06. The van der Waals surface area contributed by atoms with Crippen molar-refractivity contribution in [2.24, 2.45) is 7.05 Å². The Morgan fingerprint density at radius 3 is 3.00 bits per heavy atom. The molecule has 0 bridgehead atoms. The van der Waals surface area contributed by atoms with Gasteiger partial charge >= 0.3 is 0 Å². The molecule has 0 radical (unpaired) electrons. The third kappa shape index (κ3) is 1.76. The van der Waals surface area contributed by atoms with E-state index in [0.29, 0.717) is 0 Å². The van der Waals surface area contributed by atoms with Crippen molar-refractivity contribution in [3.63, 3.8) is 0 Å². The van der Waals surface area contributed by atoms with Crippen LogP contribution < -0.4 is 5.32 Å². The molecule has 2 aromatic heterocycles. The van der Waals surface area contributed by atoms with E-state index in [2.05, 4.69) is 20.4 Å². The van der Waals surface area contributed by atoms with Gasteiger partial charge in [-0.25, -0.2) is 4.98 Å². The van der Waals surface area contributed by atoms with Crippen LogP contribution in [0.25, 0.3) is 0 Å². The molecule has 2 N–H and O–H groups in total. The molecule has 0 saturated heterocycles. The maximum atomic E-state index is 4.24. The molecule has 0 saturated carbocycles. The van der Waals surface area contributed by atoms with Gasteiger partial charge in [-0.05, 0) is 6.92 Å². The molecule has 2 heterocycles. The summed E-state index contributed by atoms with van der Waals surface area (Å²) < 4.78 is 1.83. The van der Waals surface area contributed by atoms with Crippen LogP contribution in [0.1, 0.15) is 11.4 Å². The van der Waals surface area contributed by atoms with Gasteiger partial charge in [0.2, 0.25) is 0 Å². The summed E-state index contributed by atoms with van der Waals surface area (Å²) in [5.74, 6) is 1.01. The summed E-state index contributed by atoms with van der Waals surface area (Å²) in [6, 6.07) is 2.01. The minimum absolute atomic E-state index is 0.735. The lowest BCUT2D eigenvalue weighted by atomic mass is 10.4. The van der Waals surface area contributed by atoms with E-state index >= 15 is 0 Å². The minimum atomic E-state index is 0.735. The predicted molar refractivity (Wildman–Crippen MR) is 53.9 cm³/mol. The second-order valence-corrected chi connectivity index (χ2v) is 3.22. The Balaban J connectivity index is 2.01. The molecule has 2 rings (SSSR count). The summed E-state index contributed by atoms with van der Waals surface area (Å²) in [6.45, 7) is 2.71. The number of nitrogens with zero attached hydrogens (tertiary/aromatic N) is 3. The summed E-state index contributed by atoms with van der Waals surface area (Å²) in [5, 5.41) is 7.50. The fourth-order valence-corrected chi connectivity index (χ4v) is 1.34. The lowest BCUT2D eigenvalue weighted by Crippen LogP contribution is -2.04. The normalized spacial score (nSPS) is 10.4. The Morgan fingerprint density at radius 1 is 1.57 bits per heavy atom. The van der Waals surface area contributed by atoms with Crippen molar-refractivity contribution in [3.8, 4) is 0 Å². The van der Waals surface area contributed by atoms with Gasteiger partial charge in [-0.15, -0.1) is 0 Å². The van der Waals surface area contributed by atoms with E-state index in [1.54, 1.807) is 12.5 Å². The Labute approximate surface area is 82.2 Å². The molecule has 0 unspecified atom stereocenters. The van der Waals surface area contributed by atoms with Gasteiger partial charge < -0.3 is 10.3 Å². The average molecular weight is 191 g/mol. The zero-order valence-corrected chi connectivity index (χ0v) is 8.28. The molecule has 0 atom stereocenters. The first kappa shape index (κ1) is 8.80. The van der Waals surface area contributed by atoms with E-state index in [4.69, 9.17) is 0 Å². The molecule has 0 aromatic carbocycles. The van der Waals surface area contributed by atoms with Gasteiger partial charge in [0.1, 0.15) is 5.82 Å². The van der Waals surface area contributed by atoms with E-state index in [9.17, 15) is 0 Å². The van der Waals surface area contributed by atoms with E-state index in [1.165, 1.54) is 0 Å². The van der Waals surface area contributed by atoms with E-state index in [0.717, 1.165) is 23.8 Å². The first-order valence-corrected chi connectivity index (χ1v) is 4.47. The smallest absolute Gasteiger partial charge is 0.124 e. The summed E-state index contributed by atoms with van der Waals surface area (Å²) in [7, 11) is 1.92. The molecular formula is C9H13N5. The van der Waals surface area contributed by atoms with Gasteiger partial charge in [-0.2, -0.15) is 5.10 Å². The third-order valence-electron chi connectivity index (χ3n) is 2.02. The van der Waals surface area contributed by atoms with Crippen molar-refractivity contribution >= 4 is 5.82 Å². The highest BCUT2D eigenvalue weighted by Crippen LogP contribution is 2.08. The van der Waals surface area contributed by atoms with Gasteiger partial charge in [0.15, 0.2) is 0 Å². The summed E-state index contributed by atoms with van der Waals surface area (Å²) in [5.41, 5.74) is 2.07. The second-order valence-electron chi connectivity index (χ2n) is 3.22. The second kappa shape index (κ2) is 3.53. The van der Waals surface area contributed by atoms with E-state index in [-0.39, 0.29) is 0 Å². The number of hydrogen-bond donors (Lipinski definition) is 2. The van der Waals surface area contributed by atoms with Crippen molar-refractivity contribution in [1.82, 2.24) is 19.7 Å². The first-order valence-electron chi connectivity index (χ1n) is 4.47. The van der Waals surface area contributed by atoms with Crippen LogP contribution in [0.4, 0.5) is 5.82 Å². The van der Waals surface area contributed by atoms with Crippen LogP contribution in [0.5, 0.6) is 0 Å². The SMILES string of the molecule is Cc1cc(NCc2cnc[nH]2)n(C)n1. The van der Waals surface area contributed by atoms with Crippen molar-refractivity contribution in [3.05, 3.63) is 30.0 Å². The number of imidazole rings is 1. The fraction of sp³-hybridized carbons (Fsp3) is 0.333.